The average Bonchev–Trinajstić information content (AvgIpc) is 2.87. The fourth-order valence-corrected chi connectivity index (χ4v) is 2.45. The number of esters is 1. The first-order valence-corrected chi connectivity index (χ1v) is 7.40. The van der Waals surface area contributed by atoms with Gasteiger partial charge >= 0.3 is 5.97 Å². The first kappa shape index (κ1) is 15.5. The summed E-state index contributed by atoms with van der Waals surface area (Å²) in [6.07, 6.45) is 0.500. The summed E-state index contributed by atoms with van der Waals surface area (Å²) >= 11 is 6.99. The molecule has 0 aromatic carbocycles. The highest BCUT2D eigenvalue weighted by molar-refractivity contribution is 7.12. The molecule has 2 aromatic heterocycles. The van der Waals surface area contributed by atoms with Gasteiger partial charge in [0, 0.05) is 6.20 Å². The smallest absolute Gasteiger partial charge is 0.349 e. The van der Waals surface area contributed by atoms with Gasteiger partial charge in [-0.05, 0) is 43.0 Å². The zero-order valence-corrected chi connectivity index (χ0v) is 13.0. The topological polar surface area (TPSA) is 68.3 Å². The van der Waals surface area contributed by atoms with E-state index in [2.05, 4.69) is 10.3 Å². The molecule has 0 bridgehead atoms. The largest absolute Gasteiger partial charge is 0.448 e. The number of thiophene rings is 1. The Hall–Kier alpha value is -1.92. The van der Waals surface area contributed by atoms with Gasteiger partial charge in [-0.1, -0.05) is 11.6 Å². The van der Waals surface area contributed by atoms with Crippen molar-refractivity contribution in [2.24, 2.45) is 0 Å². The highest BCUT2D eigenvalue weighted by Gasteiger charge is 2.21. The first-order valence-electron chi connectivity index (χ1n) is 6.15. The second-order valence-corrected chi connectivity index (χ2v) is 5.68. The fourth-order valence-electron chi connectivity index (χ4n) is 1.53. The van der Waals surface area contributed by atoms with Crippen molar-refractivity contribution in [2.75, 3.05) is 5.32 Å². The number of hydrogen-bond acceptors (Lipinski definition) is 5. The number of aromatic nitrogens is 1. The third-order valence-electron chi connectivity index (χ3n) is 2.68. The maximum atomic E-state index is 11.9. The summed E-state index contributed by atoms with van der Waals surface area (Å²) in [6.45, 7) is 3.32. The van der Waals surface area contributed by atoms with Crippen LogP contribution in [0.25, 0.3) is 0 Å². The molecule has 0 saturated heterocycles. The highest BCUT2D eigenvalue weighted by atomic mass is 35.5. The Morgan fingerprint density at radius 2 is 2.14 bits per heavy atom. The van der Waals surface area contributed by atoms with Crippen LogP contribution in [0.1, 0.15) is 22.2 Å². The summed E-state index contributed by atoms with van der Waals surface area (Å²) in [6, 6.07) is 5.00. The lowest BCUT2D eigenvalue weighted by Gasteiger charge is -2.12. The third kappa shape index (κ3) is 4.03. The van der Waals surface area contributed by atoms with E-state index in [1.807, 2.05) is 13.0 Å². The molecule has 0 spiro atoms. The number of aryl methyl sites for hydroxylation is 1. The van der Waals surface area contributed by atoms with Crippen LogP contribution in [0.3, 0.4) is 0 Å². The number of pyridine rings is 1. The van der Waals surface area contributed by atoms with E-state index in [1.165, 1.54) is 24.5 Å². The number of nitrogens with zero attached hydrogens (tertiary/aromatic N) is 1. The molecule has 0 aliphatic carbocycles. The van der Waals surface area contributed by atoms with E-state index < -0.39 is 18.0 Å². The maximum absolute atomic E-state index is 11.9. The zero-order valence-electron chi connectivity index (χ0n) is 11.4. The summed E-state index contributed by atoms with van der Waals surface area (Å²) in [5, 5.41) is 4.82. The van der Waals surface area contributed by atoms with Crippen molar-refractivity contribution >= 4 is 40.6 Å². The van der Waals surface area contributed by atoms with Crippen LogP contribution in [-0.4, -0.2) is 23.0 Å². The molecule has 1 N–H and O–H groups in total. The number of carbonyl (C=O) groups excluding carboxylic acids is 2. The molecule has 5 nitrogen and oxygen atoms in total. The molecule has 2 aromatic rings. The number of carbonyl (C=O) groups is 2. The molecule has 1 amide bonds. The van der Waals surface area contributed by atoms with Crippen molar-refractivity contribution in [2.45, 2.75) is 20.0 Å². The number of ether oxygens (including phenoxy) is 1. The van der Waals surface area contributed by atoms with Crippen LogP contribution in [0.5, 0.6) is 0 Å². The monoisotopic (exact) mass is 324 g/mol. The normalized spacial score (nSPS) is 11.8. The van der Waals surface area contributed by atoms with Crippen molar-refractivity contribution < 1.29 is 14.3 Å². The van der Waals surface area contributed by atoms with E-state index >= 15 is 0 Å². The SMILES string of the molecule is Cc1ccsc1C(=O)O[C@H](C)C(=O)Nc1ccc(Cl)cn1. The number of halogens is 1. The van der Waals surface area contributed by atoms with Gasteiger partial charge in [0.25, 0.3) is 5.91 Å². The summed E-state index contributed by atoms with van der Waals surface area (Å²) in [7, 11) is 0. The minimum atomic E-state index is -0.920. The van der Waals surface area contributed by atoms with Gasteiger partial charge in [0.2, 0.25) is 0 Å². The molecule has 110 valence electrons. The Bertz CT molecular complexity index is 654. The summed E-state index contributed by atoms with van der Waals surface area (Å²) < 4.78 is 5.14. The molecule has 2 rings (SSSR count). The molecule has 2 heterocycles. The van der Waals surface area contributed by atoms with Crippen LogP contribution in [-0.2, 0) is 9.53 Å². The van der Waals surface area contributed by atoms with E-state index in [1.54, 1.807) is 17.5 Å². The van der Waals surface area contributed by atoms with Crippen molar-refractivity contribution in [3.63, 3.8) is 0 Å². The summed E-state index contributed by atoms with van der Waals surface area (Å²) in [5.74, 6) is -0.610. The predicted octanol–water partition coefficient (Wildman–Crippen LogP) is 3.29. The lowest BCUT2D eigenvalue weighted by molar-refractivity contribution is -0.123. The van der Waals surface area contributed by atoms with Gasteiger partial charge in [-0.3, -0.25) is 4.79 Å². The second kappa shape index (κ2) is 6.69. The molecule has 0 aliphatic heterocycles. The number of anilines is 1. The number of amides is 1. The molecule has 0 radical (unpaired) electrons. The van der Waals surface area contributed by atoms with E-state index in [0.29, 0.717) is 15.7 Å². The predicted molar refractivity (Wildman–Crippen MR) is 81.8 cm³/mol. The van der Waals surface area contributed by atoms with Crippen LogP contribution in [0.4, 0.5) is 5.82 Å². The second-order valence-electron chi connectivity index (χ2n) is 4.33. The third-order valence-corrected chi connectivity index (χ3v) is 3.90. The lowest BCUT2D eigenvalue weighted by Crippen LogP contribution is -2.30. The van der Waals surface area contributed by atoms with Crippen molar-refractivity contribution in [1.82, 2.24) is 4.98 Å². The van der Waals surface area contributed by atoms with Gasteiger partial charge in [0.15, 0.2) is 6.10 Å². The van der Waals surface area contributed by atoms with E-state index in [9.17, 15) is 9.59 Å². The standard InChI is InChI=1S/C14H13ClN2O3S/c1-8-5-6-21-12(8)14(19)20-9(2)13(18)17-11-4-3-10(15)7-16-11/h3-7,9H,1-2H3,(H,16,17,18)/t9-/m1/s1. The molecular formula is C14H13ClN2O3S. The van der Waals surface area contributed by atoms with Crippen LogP contribution in [0.15, 0.2) is 29.8 Å². The van der Waals surface area contributed by atoms with E-state index in [4.69, 9.17) is 16.3 Å². The van der Waals surface area contributed by atoms with Crippen molar-refractivity contribution in [1.29, 1.82) is 0 Å². The molecule has 0 unspecified atom stereocenters. The Balaban J connectivity index is 1.95. The first-order chi connectivity index (χ1) is 9.97. The van der Waals surface area contributed by atoms with E-state index in [0.717, 1.165) is 5.56 Å². The quantitative estimate of drug-likeness (QED) is 0.876. The minimum absolute atomic E-state index is 0.347. The molecule has 7 heteroatoms. The van der Waals surface area contributed by atoms with Crippen LogP contribution >= 0.6 is 22.9 Å². The van der Waals surface area contributed by atoms with Gasteiger partial charge in [-0.25, -0.2) is 9.78 Å². The van der Waals surface area contributed by atoms with Crippen LogP contribution in [0, 0.1) is 6.92 Å². The molecule has 0 saturated carbocycles. The van der Waals surface area contributed by atoms with Crippen LogP contribution in [0.2, 0.25) is 5.02 Å². The highest BCUT2D eigenvalue weighted by Crippen LogP contribution is 2.17. The molecule has 0 aliphatic rings. The zero-order chi connectivity index (χ0) is 15.4. The van der Waals surface area contributed by atoms with E-state index in [-0.39, 0.29) is 0 Å². The minimum Gasteiger partial charge on any atom is -0.448 e. The fraction of sp³-hybridized carbons (Fsp3) is 0.214. The van der Waals surface area contributed by atoms with Gasteiger partial charge < -0.3 is 10.1 Å². The number of nitrogens with one attached hydrogen (secondary N) is 1. The molecular weight excluding hydrogens is 312 g/mol. The van der Waals surface area contributed by atoms with Gasteiger partial charge in [-0.15, -0.1) is 11.3 Å². The number of hydrogen-bond donors (Lipinski definition) is 1. The Morgan fingerprint density at radius 3 is 2.71 bits per heavy atom. The summed E-state index contributed by atoms with van der Waals surface area (Å²) in [4.78, 5) is 28.3. The lowest BCUT2D eigenvalue weighted by atomic mass is 10.3. The Labute approximate surface area is 130 Å². The van der Waals surface area contributed by atoms with Gasteiger partial charge in [0.05, 0.1) is 5.02 Å². The number of rotatable bonds is 4. The maximum Gasteiger partial charge on any atom is 0.349 e. The van der Waals surface area contributed by atoms with Crippen LogP contribution < -0.4 is 5.32 Å². The van der Waals surface area contributed by atoms with Gasteiger partial charge in [-0.2, -0.15) is 0 Å². The Morgan fingerprint density at radius 1 is 1.38 bits per heavy atom. The molecule has 1 atom stereocenters. The average molecular weight is 325 g/mol. The van der Waals surface area contributed by atoms with Gasteiger partial charge in [0.1, 0.15) is 10.7 Å². The van der Waals surface area contributed by atoms with Crippen molar-refractivity contribution in [3.8, 4) is 0 Å². The Kier molecular flexibility index (Phi) is 4.93. The molecule has 21 heavy (non-hydrogen) atoms. The summed E-state index contributed by atoms with van der Waals surface area (Å²) in [5.41, 5.74) is 0.831. The molecule has 0 fully saturated rings. The van der Waals surface area contributed by atoms with Crippen molar-refractivity contribution in [3.05, 3.63) is 45.2 Å².